The Bertz CT molecular complexity index is 1150. The minimum absolute atomic E-state index is 0.0177. The third kappa shape index (κ3) is 7.89. The van der Waals surface area contributed by atoms with Crippen LogP contribution in [0.4, 0.5) is 50.0 Å². The van der Waals surface area contributed by atoms with Gasteiger partial charge in [0.25, 0.3) is 0 Å². The van der Waals surface area contributed by atoms with E-state index < -0.39 is 46.9 Å². The van der Waals surface area contributed by atoms with Crippen LogP contribution in [0.3, 0.4) is 0 Å². The predicted molar refractivity (Wildman–Crippen MR) is 114 cm³/mol. The van der Waals surface area contributed by atoms with Crippen molar-refractivity contribution in [3.63, 3.8) is 0 Å². The highest BCUT2D eigenvalue weighted by atomic mass is 19.4. The van der Waals surface area contributed by atoms with Crippen LogP contribution >= 0.6 is 0 Å². The van der Waals surface area contributed by atoms with Crippen molar-refractivity contribution < 1.29 is 44.3 Å². The molecule has 0 aliphatic rings. The molecule has 0 saturated carbocycles. The number of urea groups is 1. The molecule has 200 valence electrons. The average molecular weight is 538 g/mol. The monoisotopic (exact) mass is 538 g/mol. The number of amides is 2. The van der Waals surface area contributed by atoms with Gasteiger partial charge in [0.2, 0.25) is 0 Å². The van der Waals surface area contributed by atoms with Crippen LogP contribution < -0.4 is 5.32 Å². The van der Waals surface area contributed by atoms with E-state index in [2.05, 4.69) is 10.3 Å². The van der Waals surface area contributed by atoms with Gasteiger partial charge < -0.3 is 14.8 Å². The van der Waals surface area contributed by atoms with E-state index in [0.717, 1.165) is 29.2 Å². The molecular formula is C23H19F9N4O. The van der Waals surface area contributed by atoms with E-state index in [1.807, 2.05) is 0 Å². The standard InChI is InChI=1S/C23H19F9N4O/c24-21(25,26)16-4-2-15(3-5-16)13-36(8-1-7-35-9-6-33-14-35)20(37)34-19-11-17(22(27,28)29)10-18(12-19)23(30,31)32/h2-6,9-12,14H,1,7-8,13H2,(H,34,37). The molecule has 0 spiro atoms. The summed E-state index contributed by atoms with van der Waals surface area (Å²) in [5.74, 6) is 0. The Balaban J connectivity index is 1.84. The minimum Gasteiger partial charge on any atom is -0.337 e. The normalized spacial score (nSPS) is 12.5. The van der Waals surface area contributed by atoms with Crippen molar-refractivity contribution in [2.24, 2.45) is 0 Å². The lowest BCUT2D eigenvalue weighted by atomic mass is 10.1. The molecule has 5 nitrogen and oxygen atoms in total. The molecule has 0 radical (unpaired) electrons. The van der Waals surface area contributed by atoms with Crippen LogP contribution in [0.2, 0.25) is 0 Å². The lowest BCUT2D eigenvalue weighted by Crippen LogP contribution is -2.35. The molecule has 0 atom stereocenters. The zero-order valence-corrected chi connectivity index (χ0v) is 18.8. The Morgan fingerprint density at radius 1 is 0.838 bits per heavy atom. The predicted octanol–water partition coefficient (Wildman–Crippen LogP) is 7.06. The highest BCUT2D eigenvalue weighted by Gasteiger charge is 2.37. The molecule has 0 aliphatic heterocycles. The summed E-state index contributed by atoms with van der Waals surface area (Å²) in [7, 11) is 0. The Kier molecular flexibility index (Phi) is 8.08. The van der Waals surface area contributed by atoms with E-state index in [0.29, 0.717) is 25.1 Å². The maximum Gasteiger partial charge on any atom is 0.416 e. The van der Waals surface area contributed by atoms with Gasteiger partial charge in [0.1, 0.15) is 0 Å². The fourth-order valence-electron chi connectivity index (χ4n) is 3.36. The summed E-state index contributed by atoms with van der Waals surface area (Å²) >= 11 is 0. The molecule has 37 heavy (non-hydrogen) atoms. The number of hydrogen-bond donors (Lipinski definition) is 1. The van der Waals surface area contributed by atoms with Crippen molar-refractivity contribution in [1.29, 1.82) is 0 Å². The van der Waals surface area contributed by atoms with Crippen LogP contribution in [0.5, 0.6) is 0 Å². The van der Waals surface area contributed by atoms with E-state index in [1.54, 1.807) is 10.8 Å². The minimum atomic E-state index is -5.11. The van der Waals surface area contributed by atoms with Gasteiger partial charge in [-0.3, -0.25) is 0 Å². The molecule has 1 aromatic heterocycles. The number of benzene rings is 2. The first-order chi connectivity index (χ1) is 17.1. The number of aryl methyl sites for hydroxylation is 1. The number of carbonyl (C=O) groups is 1. The summed E-state index contributed by atoms with van der Waals surface area (Å²) in [6.45, 7) is 0.105. The van der Waals surface area contributed by atoms with Crippen LogP contribution in [-0.2, 0) is 31.6 Å². The first kappa shape index (κ1) is 27.9. The summed E-state index contributed by atoms with van der Waals surface area (Å²) in [5.41, 5.74) is -4.60. The molecule has 3 aromatic rings. The summed E-state index contributed by atoms with van der Waals surface area (Å²) in [6.07, 6.45) is -9.83. The molecule has 2 amide bonds. The maximum atomic E-state index is 13.2. The molecule has 14 heteroatoms. The number of hydrogen-bond acceptors (Lipinski definition) is 2. The van der Waals surface area contributed by atoms with Crippen molar-refractivity contribution in [2.75, 3.05) is 11.9 Å². The van der Waals surface area contributed by atoms with E-state index in [1.165, 1.54) is 12.5 Å². The van der Waals surface area contributed by atoms with Crippen LogP contribution in [0, 0.1) is 0 Å². The van der Waals surface area contributed by atoms with Crippen molar-refractivity contribution in [1.82, 2.24) is 14.5 Å². The summed E-state index contributed by atoms with van der Waals surface area (Å²) in [5, 5.41) is 2.05. The zero-order valence-electron chi connectivity index (χ0n) is 18.8. The van der Waals surface area contributed by atoms with Crippen LogP contribution in [0.15, 0.2) is 61.2 Å². The highest BCUT2D eigenvalue weighted by Crippen LogP contribution is 2.37. The summed E-state index contributed by atoms with van der Waals surface area (Å²) in [4.78, 5) is 17.8. The third-order valence-electron chi connectivity index (χ3n) is 5.18. The molecule has 1 heterocycles. The van der Waals surface area contributed by atoms with Gasteiger partial charge in [-0.1, -0.05) is 12.1 Å². The second kappa shape index (κ2) is 10.7. The van der Waals surface area contributed by atoms with Gasteiger partial charge in [0.05, 0.1) is 23.0 Å². The fourth-order valence-corrected chi connectivity index (χ4v) is 3.36. The van der Waals surface area contributed by atoms with Crippen molar-refractivity contribution in [2.45, 2.75) is 38.0 Å². The van der Waals surface area contributed by atoms with E-state index in [4.69, 9.17) is 0 Å². The summed E-state index contributed by atoms with van der Waals surface area (Å²) in [6, 6.07) is 3.51. The quantitative estimate of drug-likeness (QED) is 0.328. The van der Waals surface area contributed by atoms with Gasteiger partial charge in [-0.25, -0.2) is 9.78 Å². The van der Waals surface area contributed by atoms with Gasteiger partial charge in [-0.05, 0) is 42.3 Å². The van der Waals surface area contributed by atoms with E-state index in [9.17, 15) is 44.3 Å². The Hall–Kier alpha value is -3.71. The zero-order chi connectivity index (χ0) is 27.4. The van der Waals surface area contributed by atoms with Crippen molar-refractivity contribution in [3.05, 3.63) is 83.4 Å². The second-order valence-electron chi connectivity index (χ2n) is 8.00. The number of nitrogens with one attached hydrogen (secondary N) is 1. The van der Waals surface area contributed by atoms with Crippen molar-refractivity contribution >= 4 is 11.7 Å². The molecule has 1 N–H and O–H groups in total. The lowest BCUT2D eigenvalue weighted by Gasteiger charge is -2.24. The smallest absolute Gasteiger partial charge is 0.337 e. The lowest BCUT2D eigenvalue weighted by molar-refractivity contribution is -0.143. The Morgan fingerprint density at radius 3 is 1.89 bits per heavy atom. The van der Waals surface area contributed by atoms with Crippen molar-refractivity contribution in [3.8, 4) is 0 Å². The number of alkyl halides is 9. The number of anilines is 1. The average Bonchev–Trinajstić information content (AvgIpc) is 3.30. The highest BCUT2D eigenvalue weighted by molar-refractivity contribution is 5.89. The Morgan fingerprint density at radius 2 is 1.41 bits per heavy atom. The molecule has 0 unspecified atom stereocenters. The number of aromatic nitrogens is 2. The number of carbonyl (C=O) groups excluding carboxylic acids is 1. The van der Waals surface area contributed by atoms with Gasteiger partial charge in [-0.2, -0.15) is 39.5 Å². The van der Waals surface area contributed by atoms with Crippen LogP contribution in [0.25, 0.3) is 0 Å². The first-order valence-electron chi connectivity index (χ1n) is 10.6. The Labute approximate surface area is 204 Å². The number of nitrogens with zero attached hydrogens (tertiary/aromatic N) is 3. The van der Waals surface area contributed by atoms with E-state index in [-0.39, 0.29) is 24.7 Å². The molecule has 0 bridgehead atoms. The fraction of sp³-hybridized carbons (Fsp3) is 0.304. The topological polar surface area (TPSA) is 50.2 Å². The number of rotatable bonds is 7. The SMILES string of the molecule is O=C(Nc1cc(C(F)(F)F)cc(C(F)(F)F)c1)N(CCCn1ccnc1)Cc1ccc(C(F)(F)F)cc1. The number of halogens is 9. The van der Waals surface area contributed by atoms with Gasteiger partial charge >= 0.3 is 24.6 Å². The van der Waals surface area contributed by atoms with Crippen LogP contribution in [0.1, 0.15) is 28.7 Å². The molecular weight excluding hydrogens is 519 g/mol. The second-order valence-corrected chi connectivity index (χ2v) is 8.00. The number of imidazole rings is 1. The maximum absolute atomic E-state index is 13.2. The summed E-state index contributed by atoms with van der Waals surface area (Å²) < 4.78 is 119. The molecule has 2 aromatic carbocycles. The van der Waals surface area contributed by atoms with Gasteiger partial charge in [0.15, 0.2) is 0 Å². The van der Waals surface area contributed by atoms with Gasteiger partial charge in [0, 0.05) is 37.7 Å². The molecule has 0 aliphatic carbocycles. The molecule has 0 saturated heterocycles. The first-order valence-corrected chi connectivity index (χ1v) is 10.6. The largest absolute Gasteiger partial charge is 0.416 e. The van der Waals surface area contributed by atoms with E-state index >= 15 is 0 Å². The third-order valence-corrected chi connectivity index (χ3v) is 5.18. The molecule has 0 fully saturated rings. The van der Waals surface area contributed by atoms with Gasteiger partial charge in [-0.15, -0.1) is 0 Å². The van der Waals surface area contributed by atoms with Crippen LogP contribution in [-0.4, -0.2) is 27.0 Å². The molecule has 3 rings (SSSR count).